The number of nitrogens with zero attached hydrogens (tertiary/aromatic N) is 3. The van der Waals surface area contributed by atoms with Crippen LogP contribution < -0.4 is 0 Å². The van der Waals surface area contributed by atoms with Gasteiger partial charge in [0.1, 0.15) is 11.3 Å². The Morgan fingerprint density at radius 1 is 1.44 bits per heavy atom. The van der Waals surface area contributed by atoms with Crippen molar-refractivity contribution in [3.8, 4) is 0 Å². The van der Waals surface area contributed by atoms with Crippen molar-refractivity contribution >= 4 is 34.4 Å². The predicted octanol–water partition coefficient (Wildman–Crippen LogP) is 3.21. The molecular formula is C12H15Cl2N3O. The molecule has 2 aromatic rings. The number of alkyl halides is 1. The maximum absolute atomic E-state index is 5.96. The number of pyridine rings is 1. The number of ether oxygens (including phenoxy) is 1. The minimum absolute atomic E-state index is 0.269. The molecule has 18 heavy (non-hydrogen) atoms. The summed E-state index contributed by atoms with van der Waals surface area (Å²) in [6, 6.07) is 1.79. The van der Waals surface area contributed by atoms with E-state index in [0.717, 1.165) is 17.0 Å². The molecular weight excluding hydrogens is 273 g/mol. The molecule has 4 nitrogen and oxygen atoms in total. The highest BCUT2D eigenvalue weighted by Gasteiger charge is 2.26. The van der Waals surface area contributed by atoms with E-state index in [4.69, 9.17) is 27.9 Å². The van der Waals surface area contributed by atoms with Gasteiger partial charge < -0.3 is 9.30 Å². The van der Waals surface area contributed by atoms with Crippen molar-refractivity contribution < 1.29 is 4.74 Å². The molecule has 2 rings (SSSR count). The molecule has 2 heterocycles. The average Bonchev–Trinajstić information content (AvgIpc) is 2.66. The number of rotatable bonds is 4. The first kappa shape index (κ1) is 13.6. The third-order valence-corrected chi connectivity index (χ3v) is 3.20. The van der Waals surface area contributed by atoms with E-state index in [1.54, 1.807) is 19.4 Å². The molecule has 0 radical (unpaired) electrons. The van der Waals surface area contributed by atoms with Gasteiger partial charge in [0.2, 0.25) is 0 Å². The third kappa shape index (κ3) is 2.32. The van der Waals surface area contributed by atoms with E-state index in [9.17, 15) is 0 Å². The fourth-order valence-electron chi connectivity index (χ4n) is 2.13. The third-order valence-electron chi connectivity index (χ3n) is 2.76. The number of hydrogen-bond acceptors (Lipinski definition) is 3. The minimum atomic E-state index is -0.269. The van der Waals surface area contributed by atoms with Crippen molar-refractivity contribution in [1.29, 1.82) is 0 Å². The zero-order valence-corrected chi connectivity index (χ0v) is 12.1. The van der Waals surface area contributed by atoms with Crippen molar-refractivity contribution in [2.75, 3.05) is 13.7 Å². The first-order valence-corrected chi connectivity index (χ1v) is 6.49. The van der Waals surface area contributed by atoms with Crippen LogP contribution in [0.3, 0.4) is 0 Å². The lowest BCUT2D eigenvalue weighted by molar-refractivity contribution is 0.110. The number of hydrogen-bond donors (Lipinski definition) is 0. The molecule has 0 saturated heterocycles. The lowest BCUT2D eigenvalue weighted by Crippen LogP contribution is -2.33. The zero-order valence-electron chi connectivity index (χ0n) is 10.6. The first-order chi connectivity index (χ1) is 8.49. The molecule has 0 aromatic carbocycles. The maximum atomic E-state index is 5.96. The summed E-state index contributed by atoms with van der Waals surface area (Å²) in [4.78, 5) is 8.82. The van der Waals surface area contributed by atoms with Crippen LogP contribution in [0.25, 0.3) is 11.2 Å². The first-order valence-electron chi connectivity index (χ1n) is 5.58. The van der Waals surface area contributed by atoms with Crippen molar-refractivity contribution in [2.24, 2.45) is 0 Å². The van der Waals surface area contributed by atoms with Gasteiger partial charge in [-0.25, -0.2) is 9.97 Å². The van der Waals surface area contributed by atoms with Crippen LogP contribution >= 0.6 is 23.2 Å². The summed E-state index contributed by atoms with van der Waals surface area (Å²) in [5, 5.41) is 0.567. The Morgan fingerprint density at radius 2 is 2.17 bits per heavy atom. The van der Waals surface area contributed by atoms with Gasteiger partial charge in [0.05, 0.1) is 23.0 Å². The van der Waals surface area contributed by atoms with Crippen molar-refractivity contribution in [1.82, 2.24) is 14.5 Å². The van der Waals surface area contributed by atoms with Crippen LogP contribution in [0.2, 0.25) is 5.02 Å². The summed E-state index contributed by atoms with van der Waals surface area (Å²) in [5.41, 5.74) is 1.26. The molecule has 0 saturated carbocycles. The van der Waals surface area contributed by atoms with Crippen LogP contribution in [-0.2, 0) is 16.2 Å². The molecule has 0 aliphatic rings. The monoisotopic (exact) mass is 287 g/mol. The van der Waals surface area contributed by atoms with Gasteiger partial charge >= 0.3 is 0 Å². The Bertz CT molecular complexity index is 566. The van der Waals surface area contributed by atoms with E-state index < -0.39 is 0 Å². The second kappa shape index (κ2) is 5.03. The standard InChI is InChI=1S/C12H15Cl2N3O/c1-12(2,7-18-3)17-10(5-13)16-9-4-8(14)6-15-11(9)17/h4,6H,5,7H2,1-3H3. The number of fused-ring (bicyclic) bond motifs is 1. The fraction of sp³-hybridized carbons (Fsp3) is 0.500. The molecule has 2 aromatic heterocycles. The smallest absolute Gasteiger partial charge is 0.160 e. The van der Waals surface area contributed by atoms with Crippen LogP contribution in [0.5, 0.6) is 0 Å². The maximum Gasteiger partial charge on any atom is 0.160 e. The van der Waals surface area contributed by atoms with Gasteiger partial charge in [0.15, 0.2) is 5.65 Å². The molecule has 0 atom stereocenters. The van der Waals surface area contributed by atoms with Gasteiger partial charge in [-0.1, -0.05) is 11.6 Å². The second-order valence-corrected chi connectivity index (χ2v) is 5.44. The molecule has 6 heteroatoms. The molecule has 0 bridgehead atoms. The highest BCUT2D eigenvalue weighted by molar-refractivity contribution is 6.31. The van der Waals surface area contributed by atoms with E-state index in [1.807, 2.05) is 4.57 Å². The van der Waals surface area contributed by atoms with Gasteiger partial charge in [-0.05, 0) is 19.9 Å². The van der Waals surface area contributed by atoms with Gasteiger partial charge in [-0.2, -0.15) is 0 Å². The van der Waals surface area contributed by atoms with Crippen molar-refractivity contribution in [3.63, 3.8) is 0 Å². The summed E-state index contributed by atoms with van der Waals surface area (Å²) < 4.78 is 7.27. The molecule has 98 valence electrons. The average molecular weight is 288 g/mol. The Hall–Kier alpha value is -0.840. The minimum Gasteiger partial charge on any atom is -0.382 e. The molecule has 0 amide bonds. The van der Waals surface area contributed by atoms with Gasteiger partial charge in [-0.15, -0.1) is 11.6 Å². The van der Waals surface area contributed by atoms with E-state index in [1.165, 1.54) is 0 Å². The quantitative estimate of drug-likeness (QED) is 0.811. The lowest BCUT2D eigenvalue weighted by atomic mass is 10.1. The Labute approximate surface area is 116 Å². The summed E-state index contributed by atoms with van der Waals surface area (Å²) in [5.74, 6) is 1.09. The van der Waals surface area contributed by atoms with E-state index in [2.05, 4.69) is 23.8 Å². The van der Waals surface area contributed by atoms with Crippen LogP contribution in [0.1, 0.15) is 19.7 Å². The molecule has 0 unspecified atom stereocenters. The van der Waals surface area contributed by atoms with E-state index in [-0.39, 0.29) is 5.54 Å². The second-order valence-electron chi connectivity index (χ2n) is 4.74. The number of halogens is 2. The summed E-state index contributed by atoms with van der Waals surface area (Å²) in [6.45, 7) is 4.67. The lowest BCUT2D eigenvalue weighted by Gasteiger charge is -2.27. The normalized spacial score (nSPS) is 12.3. The number of methoxy groups -OCH3 is 1. The van der Waals surface area contributed by atoms with E-state index in [0.29, 0.717) is 17.5 Å². The molecule has 0 aliphatic heterocycles. The summed E-state index contributed by atoms with van der Waals surface area (Å²) in [7, 11) is 1.67. The summed E-state index contributed by atoms with van der Waals surface area (Å²) in [6.07, 6.45) is 1.61. The SMILES string of the molecule is COCC(C)(C)n1c(CCl)nc2cc(Cl)cnc21. The highest BCUT2D eigenvalue weighted by atomic mass is 35.5. The van der Waals surface area contributed by atoms with Gasteiger partial charge in [-0.3, -0.25) is 0 Å². The zero-order chi connectivity index (χ0) is 13.3. The Kier molecular flexibility index (Phi) is 3.80. The van der Waals surface area contributed by atoms with Gasteiger partial charge in [0.25, 0.3) is 0 Å². The largest absolute Gasteiger partial charge is 0.382 e. The topological polar surface area (TPSA) is 39.9 Å². The molecule has 0 N–H and O–H groups in total. The Morgan fingerprint density at radius 3 is 2.78 bits per heavy atom. The fourth-order valence-corrected chi connectivity index (χ4v) is 2.46. The van der Waals surface area contributed by atoms with Crippen LogP contribution in [0.4, 0.5) is 0 Å². The Balaban J connectivity index is 2.67. The molecule has 0 fully saturated rings. The van der Waals surface area contributed by atoms with Gasteiger partial charge in [0, 0.05) is 13.3 Å². The highest BCUT2D eigenvalue weighted by Crippen LogP contribution is 2.26. The van der Waals surface area contributed by atoms with Crippen molar-refractivity contribution in [2.45, 2.75) is 25.3 Å². The summed E-state index contributed by atoms with van der Waals surface area (Å²) >= 11 is 11.9. The molecule has 0 aliphatic carbocycles. The van der Waals surface area contributed by atoms with Crippen LogP contribution in [0, 0.1) is 0 Å². The van der Waals surface area contributed by atoms with Crippen molar-refractivity contribution in [3.05, 3.63) is 23.1 Å². The molecule has 0 spiro atoms. The predicted molar refractivity (Wildman–Crippen MR) is 73.3 cm³/mol. The van der Waals surface area contributed by atoms with Crippen LogP contribution in [0.15, 0.2) is 12.3 Å². The van der Waals surface area contributed by atoms with E-state index >= 15 is 0 Å². The van der Waals surface area contributed by atoms with Crippen LogP contribution in [-0.4, -0.2) is 28.3 Å². The number of aromatic nitrogens is 3. The number of imidazole rings is 1.